The zero-order valence-electron chi connectivity index (χ0n) is 10.1. The normalized spacial score (nSPS) is 10.1. The van der Waals surface area contributed by atoms with Gasteiger partial charge in [0.1, 0.15) is 11.4 Å². The summed E-state index contributed by atoms with van der Waals surface area (Å²) < 4.78 is 5.50. The van der Waals surface area contributed by atoms with E-state index in [0.29, 0.717) is 18.1 Å². The number of para-hydroxylation sites is 2. The quantitative estimate of drug-likeness (QED) is 0.759. The molecule has 18 heavy (non-hydrogen) atoms. The average Bonchev–Trinajstić information content (AvgIpc) is 2.35. The Morgan fingerprint density at radius 3 is 2.72 bits per heavy atom. The van der Waals surface area contributed by atoms with E-state index in [-0.39, 0.29) is 5.95 Å². The van der Waals surface area contributed by atoms with Crippen molar-refractivity contribution in [3.8, 4) is 5.75 Å². The first-order valence-corrected chi connectivity index (χ1v) is 5.57. The van der Waals surface area contributed by atoms with Crippen molar-refractivity contribution in [3.63, 3.8) is 0 Å². The molecular weight excluding hydrogens is 230 g/mol. The Morgan fingerprint density at radius 2 is 2.00 bits per heavy atom. The number of rotatable bonds is 4. The van der Waals surface area contributed by atoms with Gasteiger partial charge in [-0.15, -0.1) is 0 Å². The minimum Gasteiger partial charge on any atom is -0.492 e. The van der Waals surface area contributed by atoms with Crippen molar-refractivity contribution in [1.82, 2.24) is 9.97 Å². The molecule has 5 N–H and O–H groups in total. The lowest BCUT2D eigenvalue weighted by molar-refractivity contribution is 0.342. The highest BCUT2D eigenvalue weighted by Gasteiger charge is 2.06. The molecule has 0 aliphatic carbocycles. The van der Waals surface area contributed by atoms with Gasteiger partial charge in [-0.05, 0) is 19.1 Å². The van der Waals surface area contributed by atoms with Crippen LogP contribution in [0.4, 0.5) is 23.1 Å². The Kier molecular flexibility index (Phi) is 3.47. The molecule has 1 aromatic heterocycles. The molecule has 0 amide bonds. The summed E-state index contributed by atoms with van der Waals surface area (Å²) in [6, 6.07) is 7.57. The number of nitrogens with zero attached hydrogens (tertiary/aromatic N) is 2. The van der Waals surface area contributed by atoms with Crippen molar-refractivity contribution >= 4 is 23.1 Å². The van der Waals surface area contributed by atoms with Gasteiger partial charge in [0.15, 0.2) is 5.82 Å². The molecule has 0 unspecified atom stereocenters. The van der Waals surface area contributed by atoms with Gasteiger partial charge in [-0.25, -0.2) is 4.98 Å². The van der Waals surface area contributed by atoms with Crippen molar-refractivity contribution in [3.05, 3.63) is 30.5 Å². The number of aromatic nitrogens is 2. The Morgan fingerprint density at radius 1 is 1.22 bits per heavy atom. The minimum absolute atomic E-state index is 0.149. The molecule has 2 rings (SSSR count). The van der Waals surface area contributed by atoms with Gasteiger partial charge in [0, 0.05) is 0 Å². The fraction of sp³-hybridized carbons (Fsp3) is 0.167. The van der Waals surface area contributed by atoms with Crippen LogP contribution in [0.1, 0.15) is 6.92 Å². The molecule has 0 spiro atoms. The number of benzene rings is 1. The zero-order valence-corrected chi connectivity index (χ0v) is 10.1. The van der Waals surface area contributed by atoms with Gasteiger partial charge in [0.05, 0.1) is 18.5 Å². The summed E-state index contributed by atoms with van der Waals surface area (Å²) in [5.41, 5.74) is 12.6. The van der Waals surface area contributed by atoms with Crippen LogP contribution in [0.2, 0.25) is 0 Å². The lowest BCUT2D eigenvalue weighted by Gasteiger charge is -2.12. The van der Waals surface area contributed by atoms with E-state index in [1.165, 1.54) is 0 Å². The van der Waals surface area contributed by atoms with Gasteiger partial charge in [0.2, 0.25) is 5.95 Å². The fourth-order valence-corrected chi connectivity index (χ4v) is 1.50. The van der Waals surface area contributed by atoms with Crippen LogP contribution in [0.15, 0.2) is 30.5 Å². The minimum atomic E-state index is 0.149. The van der Waals surface area contributed by atoms with Gasteiger partial charge < -0.3 is 21.5 Å². The van der Waals surface area contributed by atoms with Gasteiger partial charge >= 0.3 is 0 Å². The summed E-state index contributed by atoms with van der Waals surface area (Å²) in [4.78, 5) is 7.78. The summed E-state index contributed by atoms with van der Waals surface area (Å²) in [6.45, 7) is 2.52. The van der Waals surface area contributed by atoms with Crippen LogP contribution in [-0.4, -0.2) is 16.6 Å². The first-order chi connectivity index (χ1) is 8.70. The fourth-order valence-electron chi connectivity index (χ4n) is 1.50. The van der Waals surface area contributed by atoms with Crippen molar-refractivity contribution in [2.24, 2.45) is 0 Å². The maximum atomic E-state index is 5.76. The van der Waals surface area contributed by atoms with Crippen LogP contribution in [0.3, 0.4) is 0 Å². The maximum Gasteiger partial charge on any atom is 0.222 e. The molecule has 0 aliphatic rings. The highest BCUT2D eigenvalue weighted by atomic mass is 16.5. The molecule has 6 heteroatoms. The Balaban J connectivity index is 2.28. The highest BCUT2D eigenvalue weighted by molar-refractivity contribution is 5.72. The summed E-state index contributed by atoms with van der Waals surface area (Å²) in [5, 5.41) is 3.12. The third kappa shape index (κ3) is 2.60. The molecule has 2 aromatic rings. The summed E-state index contributed by atoms with van der Waals surface area (Å²) in [5.74, 6) is 1.20. The zero-order chi connectivity index (χ0) is 13.0. The highest BCUT2D eigenvalue weighted by Crippen LogP contribution is 2.29. The second kappa shape index (κ2) is 5.22. The lowest BCUT2D eigenvalue weighted by atomic mass is 10.3. The van der Waals surface area contributed by atoms with Crippen LogP contribution in [0.25, 0.3) is 0 Å². The van der Waals surface area contributed by atoms with Crippen molar-refractivity contribution in [2.45, 2.75) is 6.92 Å². The number of nitrogen functional groups attached to an aromatic ring is 2. The number of nitrogens with two attached hydrogens (primary N) is 2. The molecule has 94 valence electrons. The third-order valence-electron chi connectivity index (χ3n) is 2.29. The van der Waals surface area contributed by atoms with Gasteiger partial charge in [-0.3, -0.25) is 0 Å². The largest absolute Gasteiger partial charge is 0.492 e. The van der Waals surface area contributed by atoms with Gasteiger partial charge in [-0.2, -0.15) is 4.98 Å². The lowest BCUT2D eigenvalue weighted by Crippen LogP contribution is -2.04. The predicted octanol–water partition coefficient (Wildman–Crippen LogP) is 1.78. The van der Waals surface area contributed by atoms with Gasteiger partial charge in [0.25, 0.3) is 0 Å². The smallest absolute Gasteiger partial charge is 0.222 e. The van der Waals surface area contributed by atoms with E-state index in [2.05, 4.69) is 15.3 Å². The van der Waals surface area contributed by atoms with E-state index in [4.69, 9.17) is 16.2 Å². The third-order valence-corrected chi connectivity index (χ3v) is 2.29. The van der Waals surface area contributed by atoms with Crippen LogP contribution >= 0.6 is 0 Å². The molecule has 0 saturated carbocycles. The molecule has 0 bridgehead atoms. The number of hydrogen-bond acceptors (Lipinski definition) is 6. The Labute approximate surface area is 105 Å². The Hall–Kier alpha value is -2.50. The van der Waals surface area contributed by atoms with E-state index in [0.717, 1.165) is 11.4 Å². The molecule has 0 atom stereocenters. The van der Waals surface area contributed by atoms with E-state index < -0.39 is 0 Å². The summed E-state index contributed by atoms with van der Waals surface area (Å²) >= 11 is 0. The van der Waals surface area contributed by atoms with Gasteiger partial charge in [-0.1, -0.05) is 12.1 Å². The van der Waals surface area contributed by atoms with E-state index in [1.807, 2.05) is 31.2 Å². The SMILES string of the molecule is CCOc1ccccc1Nc1cnc(N)nc1N. The first-order valence-electron chi connectivity index (χ1n) is 5.57. The van der Waals surface area contributed by atoms with Crippen molar-refractivity contribution in [1.29, 1.82) is 0 Å². The molecule has 0 radical (unpaired) electrons. The van der Waals surface area contributed by atoms with Crippen molar-refractivity contribution in [2.75, 3.05) is 23.4 Å². The number of ether oxygens (including phenoxy) is 1. The standard InChI is InChI=1S/C12H15N5O/c1-2-18-10-6-4-3-5-8(10)16-9-7-15-12(14)17-11(9)13/h3-7,16H,2H2,1H3,(H4,13,14,15,17). The second-order valence-corrected chi connectivity index (χ2v) is 3.58. The number of hydrogen-bond donors (Lipinski definition) is 3. The average molecular weight is 245 g/mol. The molecule has 0 aliphatic heterocycles. The number of nitrogens with one attached hydrogen (secondary N) is 1. The van der Waals surface area contributed by atoms with Crippen LogP contribution in [0.5, 0.6) is 5.75 Å². The maximum absolute atomic E-state index is 5.76. The monoisotopic (exact) mass is 245 g/mol. The van der Waals surface area contributed by atoms with Crippen LogP contribution in [0, 0.1) is 0 Å². The molecule has 1 aromatic carbocycles. The molecular formula is C12H15N5O. The predicted molar refractivity (Wildman–Crippen MR) is 71.8 cm³/mol. The van der Waals surface area contributed by atoms with E-state index >= 15 is 0 Å². The van der Waals surface area contributed by atoms with E-state index in [1.54, 1.807) is 6.20 Å². The summed E-state index contributed by atoms with van der Waals surface area (Å²) in [7, 11) is 0. The van der Waals surface area contributed by atoms with Crippen LogP contribution < -0.4 is 21.5 Å². The van der Waals surface area contributed by atoms with E-state index in [9.17, 15) is 0 Å². The first kappa shape index (κ1) is 12.0. The molecule has 0 fully saturated rings. The Bertz CT molecular complexity index is 544. The van der Waals surface area contributed by atoms with Crippen molar-refractivity contribution < 1.29 is 4.74 Å². The second-order valence-electron chi connectivity index (χ2n) is 3.58. The molecule has 1 heterocycles. The summed E-state index contributed by atoms with van der Waals surface area (Å²) in [6.07, 6.45) is 1.54. The topological polar surface area (TPSA) is 99.1 Å². The molecule has 6 nitrogen and oxygen atoms in total. The molecule has 0 saturated heterocycles. The van der Waals surface area contributed by atoms with Crippen LogP contribution in [-0.2, 0) is 0 Å². The number of anilines is 4.